The molecule has 0 spiro atoms. The van der Waals surface area contributed by atoms with E-state index in [9.17, 15) is 5.11 Å². The predicted molar refractivity (Wildman–Crippen MR) is 50.6 cm³/mol. The fraction of sp³-hybridized carbons (Fsp3) is 0.200. The van der Waals surface area contributed by atoms with Crippen molar-refractivity contribution in [3.05, 3.63) is 24.4 Å². The number of hydrogen-bond acceptors (Lipinski definition) is 5. The Hall–Kier alpha value is -2.24. The van der Waals surface area contributed by atoms with Crippen LogP contribution in [0.25, 0.3) is 5.69 Å². The largest absolute Gasteiger partial charge is 0.539 e. The lowest BCUT2D eigenvalue weighted by Crippen LogP contribution is -2.31. The lowest BCUT2D eigenvalue weighted by Gasteiger charge is -2.03. The van der Waals surface area contributed by atoms with Gasteiger partial charge in [0.15, 0.2) is 0 Å². The molecule has 0 radical (unpaired) electrons. The van der Waals surface area contributed by atoms with Crippen LogP contribution in [0.2, 0.25) is 0 Å². The molecule has 2 aromatic rings. The van der Waals surface area contributed by atoms with Crippen LogP contribution < -0.4 is 19.3 Å². The molecule has 6 nitrogen and oxygen atoms in total. The number of hydrogen-bond donors (Lipinski definition) is 0. The van der Waals surface area contributed by atoms with Crippen LogP contribution in [0, 0.1) is 0 Å². The van der Waals surface area contributed by atoms with Crippen LogP contribution in [0.4, 0.5) is 0 Å². The van der Waals surface area contributed by atoms with E-state index in [2.05, 4.69) is 9.79 Å². The van der Waals surface area contributed by atoms with Gasteiger partial charge in [0.05, 0.1) is 31.6 Å². The molecule has 16 heavy (non-hydrogen) atoms. The molecular formula is C10H10N2O4. The Labute approximate surface area is 91.6 Å². The second-order valence-corrected chi connectivity index (χ2v) is 3.04. The summed E-state index contributed by atoms with van der Waals surface area (Å²) in [5, 5.41) is 14.4. The molecule has 0 fully saturated rings. The maximum absolute atomic E-state index is 10.9. The van der Waals surface area contributed by atoms with Gasteiger partial charge in [-0.1, -0.05) is 0 Å². The summed E-state index contributed by atoms with van der Waals surface area (Å²) in [6.45, 7) is 0. The second-order valence-electron chi connectivity index (χ2n) is 3.04. The van der Waals surface area contributed by atoms with Gasteiger partial charge in [0.25, 0.3) is 0 Å². The van der Waals surface area contributed by atoms with Crippen molar-refractivity contribution in [1.82, 2.24) is 5.27 Å². The van der Waals surface area contributed by atoms with Crippen molar-refractivity contribution in [3.63, 3.8) is 0 Å². The van der Waals surface area contributed by atoms with E-state index in [4.69, 9.17) is 9.47 Å². The third-order valence-electron chi connectivity index (χ3n) is 2.05. The van der Waals surface area contributed by atoms with Gasteiger partial charge in [-0.3, -0.25) is 0 Å². The summed E-state index contributed by atoms with van der Waals surface area (Å²) in [6.07, 6.45) is 1.23. The van der Waals surface area contributed by atoms with Crippen molar-refractivity contribution in [2.45, 2.75) is 0 Å². The first-order valence-electron chi connectivity index (χ1n) is 4.52. The third kappa shape index (κ3) is 1.90. The van der Waals surface area contributed by atoms with E-state index >= 15 is 0 Å². The molecule has 1 aromatic carbocycles. The van der Waals surface area contributed by atoms with Crippen LogP contribution in [-0.2, 0) is 0 Å². The molecule has 1 aromatic heterocycles. The van der Waals surface area contributed by atoms with Crippen molar-refractivity contribution in [2.75, 3.05) is 14.2 Å². The summed E-state index contributed by atoms with van der Waals surface area (Å²) in [5.74, 6) is 0.705. The van der Waals surface area contributed by atoms with E-state index in [0.717, 1.165) is 0 Å². The van der Waals surface area contributed by atoms with E-state index in [1.807, 2.05) is 0 Å². The van der Waals surface area contributed by atoms with Crippen molar-refractivity contribution >= 4 is 0 Å². The van der Waals surface area contributed by atoms with E-state index in [1.54, 1.807) is 32.4 Å². The van der Waals surface area contributed by atoms with Gasteiger partial charge in [0.1, 0.15) is 17.4 Å². The zero-order valence-corrected chi connectivity index (χ0v) is 8.84. The highest BCUT2D eigenvalue weighted by Gasteiger charge is 2.12. The Morgan fingerprint density at radius 2 is 1.81 bits per heavy atom. The molecule has 1 heterocycles. The molecule has 0 aliphatic carbocycles. The molecule has 6 heteroatoms. The van der Waals surface area contributed by atoms with Crippen LogP contribution in [0.3, 0.4) is 0 Å². The number of benzene rings is 1. The first-order valence-corrected chi connectivity index (χ1v) is 4.52. The van der Waals surface area contributed by atoms with Crippen LogP contribution in [0.15, 0.2) is 28.9 Å². The van der Waals surface area contributed by atoms with Gasteiger partial charge in [-0.2, -0.15) is 0 Å². The molecule has 0 aliphatic heterocycles. The summed E-state index contributed by atoms with van der Waals surface area (Å²) in [6, 6.07) is 5.15. The van der Waals surface area contributed by atoms with Gasteiger partial charge in [0, 0.05) is 6.07 Å². The smallest absolute Gasteiger partial charge is 0.246 e. The summed E-state index contributed by atoms with van der Waals surface area (Å²) in [5.41, 5.74) is 0.627. The molecule has 0 bridgehead atoms. The minimum atomic E-state index is -0.512. The lowest BCUT2D eigenvalue weighted by atomic mass is 10.3. The van der Waals surface area contributed by atoms with Crippen molar-refractivity contribution in [2.24, 2.45) is 0 Å². The van der Waals surface area contributed by atoms with Crippen LogP contribution in [0.5, 0.6) is 17.4 Å². The molecule has 0 aliphatic rings. The lowest BCUT2D eigenvalue weighted by molar-refractivity contribution is -0.670. The summed E-state index contributed by atoms with van der Waals surface area (Å²) in [4.78, 5) is 0. The Balaban J connectivity index is 2.47. The number of rotatable bonds is 3. The van der Waals surface area contributed by atoms with E-state index in [1.165, 1.54) is 10.9 Å². The minimum Gasteiger partial charge on any atom is -0.539 e. The third-order valence-corrected chi connectivity index (χ3v) is 2.05. The highest BCUT2D eigenvalue weighted by atomic mass is 16.6. The van der Waals surface area contributed by atoms with E-state index in [0.29, 0.717) is 17.2 Å². The molecule has 2 rings (SSSR count). The average molecular weight is 222 g/mol. The Morgan fingerprint density at radius 1 is 1.19 bits per heavy atom. The molecule has 0 unspecified atom stereocenters. The SMILES string of the molecule is COc1cc(OC)cc(-[n+]2cc([O-])on2)c1. The van der Waals surface area contributed by atoms with Gasteiger partial charge < -0.3 is 19.1 Å². The normalized spacial score (nSPS) is 10.1. The molecule has 0 N–H and O–H groups in total. The first-order chi connectivity index (χ1) is 7.72. The fourth-order valence-corrected chi connectivity index (χ4v) is 1.28. The number of methoxy groups -OCH3 is 2. The maximum atomic E-state index is 10.9. The molecule has 0 saturated heterocycles. The first kappa shape index (κ1) is 10.3. The van der Waals surface area contributed by atoms with Gasteiger partial charge >= 0.3 is 0 Å². The van der Waals surface area contributed by atoms with Crippen LogP contribution in [0.1, 0.15) is 0 Å². The fourth-order valence-electron chi connectivity index (χ4n) is 1.28. The highest BCUT2D eigenvalue weighted by molar-refractivity contribution is 5.41. The summed E-state index contributed by atoms with van der Waals surface area (Å²) >= 11 is 0. The molecule has 84 valence electrons. The monoisotopic (exact) mass is 222 g/mol. The van der Waals surface area contributed by atoms with Crippen LogP contribution >= 0.6 is 0 Å². The quantitative estimate of drug-likeness (QED) is 0.686. The molecule has 0 amide bonds. The maximum Gasteiger partial charge on any atom is 0.246 e. The second kappa shape index (κ2) is 4.09. The van der Waals surface area contributed by atoms with Gasteiger partial charge in [-0.05, 0) is 4.68 Å². The average Bonchev–Trinajstić information content (AvgIpc) is 2.75. The standard InChI is InChI=1S/C10H10N2O4/c1-14-8-3-7(4-9(5-8)15-2)12-6-10(13)16-11-12/h3-6H,1-2H3. The van der Waals surface area contributed by atoms with Gasteiger partial charge in [-0.15, -0.1) is 0 Å². The summed E-state index contributed by atoms with van der Waals surface area (Å²) < 4.78 is 15.9. The van der Waals surface area contributed by atoms with E-state index < -0.39 is 5.95 Å². The van der Waals surface area contributed by atoms with Crippen molar-refractivity contribution < 1.29 is 23.8 Å². The Bertz CT molecular complexity index is 473. The summed E-state index contributed by atoms with van der Waals surface area (Å²) in [7, 11) is 3.09. The Morgan fingerprint density at radius 3 is 2.25 bits per heavy atom. The van der Waals surface area contributed by atoms with Gasteiger partial charge in [0.2, 0.25) is 11.9 Å². The molecular weight excluding hydrogens is 212 g/mol. The number of nitrogens with zero attached hydrogens (tertiary/aromatic N) is 2. The minimum absolute atomic E-state index is 0.512. The highest BCUT2D eigenvalue weighted by Crippen LogP contribution is 2.22. The number of aromatic nitrogens is 2. The van der Waals surface area contributed by atoms with E-state index in [-0.39, 0.29) is 0 Å². The zero-order chi connectivity index (χ0) is 11.5. The Kier molecular flexibility index (Phi) is 2.63. The van der Waals surface area contributed by atoms with Crippen molar-refractivity contribution in [1.29, 1.82) is 0 Å². The molecule has 0 atom stereocenters. The zero-order valence-electron chi connectivity index (χ0n) is 8.84. The topological polar surface area (TPSA) is 71.4 Å². The van der Waals surface area contributed by atoms with Crippen molar-refractivity contribution in [3.8, 4) is 23.1 Å². The molecule has 0 saturated carbocycles. The predicted octanol–water partition coefficient (Wildman–Crippen LogP) is 0.0421. The van der Waals surface area contributed by atoms with Gasteiger partial charge in [-0.25, -0.2) is 0 Å². The number of ether oxygens (including phenoxy) is 2. The van der Waals surface area contributed by atoms with Crippen LogP contribution in [-0.4, -0.2) is 19.5 Å².